The number of nitrogens with one attached hydrogen (secondary N) is 1. The molecule has 0 aliphatic carbocycles. The quantitative estimate of drug-likeness (QED) is 0.764. The fraction of sp³-hybridized carbons (Fsp3) is 0.833. The maximum absolute atomic E-state index is 12.2. The van der Waals surface area contributed by atoms with Gasteiger partial charge in [0, 0.05) is 19.0 Å². The van der Waals surface area contributed by atoms with E-state index in [0.717, 1.165) is 19.4 Å². The van der Waals surface area contributed by atoms with Gasteiger partial charge in [-0.1, -0.05) is 0 Å². The summed E-state index contributed by atoms with van der Waals surface area (Å²) in [7, 11) is 1.57. The first-order valence-corrected chi connectivity index (χ1v) is 6.01. The molecule has 17 heavy (non-hydrogen) atoms. The lowest BCUT2D eigenvalue weighted by atomic mass is 9.90. The number of carbonyl (C=O) groups excluding carboxylic acids is 1. The second kappa shape index (κ2) is 5.04. The SMILES string of the molecule is CC1CC(C(=O)N(C)C(C)(C)C(=O)O)CCN1. The lowest BCUT2D eigenvalue weighted by molar-refractivity contribution is -0.157. The zero-order valence-corrected chi connectivity index (χ0v) is 11.0. The van der Waals surface area contributed by atoms with Gasteiger partial charge in [0.25, 0.3) is 0 Å². The molecule has 98 valence electrons. The number of hydrogen-bond acceptors (Lipinski definition) is 3. The number of likely N-dealkylation sites (N-methyl/N-ethyl adjacent to an activating group) is 1. The van der Waals surface area contributed by atoms with Gasteiger partial charge in [0.1, 0.15) is 5.54 Å². The van der Waals surface area contributed by atoms with Crippen LogP contribution in [0.2, 0.25) is 0 Å². The van der Waals surface area contributed by atoms with Gasteiger partial charge in [0.15, 0.2) is 0 Å². The predicted molar refractivity (Wildman–Crippen MR) is 64.7 cm³/mol. The number of rotatable bonds is 3. The number of amides is 1. The molecule has 1 fully saturated rings. The zero-order valence-electron chi connectivity index (χ0n) is 11.0. The van der Waals surface area contributed by atoms with Crippen molar-refractivity contribution in [2.75, 3.05) is 13.6 Å². The van der Waals surface area contributed by atoms with Crippen molar-refractivity contribution in [3.05, 3.63) is 0 Å². The van der Waals surface area contributed by atoms with Crippen LogP contribution in [0.15, 0.2) is 0 Å². The molecule has 1 rings (SSSR count). The average molecular weight is 242 g/mol. The molecule has 2 N–H and O–H groups in total. The predicted octanol–water partition coefficient (Wildman–Crippen LogP) is 0.696. The van der Waals surface area contributed by atoms with Crippen molar-refractivity contribution in [1.82, 2.24) is 10.2 Å². The van der Waals surface area contributed by atoms with E-state index in [-0.39, 0.29) is 11.8 Å². The molecule has 0 radical (unpaired) electrons. The molecule has 0 bridgehead atoms. The number of carboxylic acid groups (broad SMARTS) is 1. The van der Waals surface area contributed by atoms with Crippen LogP contribution in [0, 0.1) is 5.92 Å². The summed E-state index contributed by atoms with van der Waals surface area (Å²) >= 11 is 0. The highest BCUT2D eigenvalue weighted by Gasteiger charge is 2.38. The highest BCUT2D eigenvalue weighted by atomic mass is 16.4. The zero-order chi connectivity index (χ0) is 13.2. The van der Waals surface area contributed by atoms with E-state index >= 15 is 0 Å². The first kappa shape index (κ1) is 14.0. The maximum atomic E-state index is 12.2. The van der Waals surface area contributed by atoms with Crippen molar-refractivity contribution in [2.45, 2.75) is 45.2 Å². The summed E-state index contributed by atoms with van der Waals surface area (Å²) < 4.78 is 0. The number of aliphatic carboxylic acids is 1. The Morgan fingerprint density at radius 1 is 1.41 bits per heavy atom. The molecule has 1 saturated heterocycles. The molecular formula is C12H22N2O3. The Balaban J connectivity index is 2.72. The van der Waals surface area contributed by atoms with E-state index in [1.807, 2.05) is 6.92 Å². The van der Waals surface area contributed by atoms with E-state index in [4.69, 9.17) is 5.11 Å². The summed E-state index contributed by atoms with van der Waals surface area (Å²) in [5.41, 5.74) is -1.15. The second-order valence-electron chi connectivity index (χ2n) is 5.34. The molecular weight excluding hydrogens is 220 g/mol. The standard InChI is InChI=1S/C12H22N2O3/c1-8-7-9(5-6-13-8)10(15)14(4)12(2,3)11(16)17/h8-9,13H,5-7H2,1-4H3,(H,16,17). The third kappa shape index (κ3) is 2.97. The van der Waals surface area contributed by atoms with Crippen LogP contribution >= 0.6 is 0 Å². The van der Waals surface area contributed by atoms with E-state index in [1.54, 1.807) is 20.9 Å². The number of carbonyl (C=O) groups is 2. The van der Waals surface area contributed by atoms with Crippen molar-refractivity contribution in [3.8, 4) is 0 Å². The Hall–Kier alpha value is -1.10. The molecule has 1 aliphatic rings. The Labute approximate surface area is 102 Å². The Morgan fingerprint density at radius 2 is 2.00 bits per heavy atom. The molecule has 0 spiro atoms. The van der Waals surface area contributed by atoms with E-state index in [9.17, 15) is 9.59 Å². The number of nitrogens with zero attached hydrogens (tertiary/aromatic N) is 1. The van der Waals surface area contributed by atoms with Crippen LogP contribution in [0.5, 0.6) is 0 Å². The molecule has 0 aromatic rings. The van der Waals surface area contributed by atoms with E-state index in [2.05, 4.69) is 5.32 Å². The van der Waals surface area contributed by atoms with E-state index < -0.39 is 11.5 Å². The lowest BCUT2D eigenvalue weighted by Crippen LogP contribution is -2.54. The topological polar surface area (TPSA) is 69.6 Å². The van der Waals surface area contributed by atoms with Crippen molar-refractivity contribution in [2.24, 2.45) is 5.92 Å². The van der Waals surface area contributed by atoms with E-state index in [1.165, 1.54) is 4.90 Å². The molecule has 0 aromatic heterocycles. The molecule has 5 heteroatoms. The molecule has 1 amide bonds. The van der Waals surface area contributed by atoms with Gasteiger partial charge in [-0.15, -0.1) is 0 Å². The summed E-state index contributed by atoms with van der Waals surface area (Å²) in [6.07, 6.45) is 1.56. The average Bonchev–Trinajstić information content (AvgIpc) is 2.26. The minimum atomic E-state index is -1.15. The molecule has 0 aromatic carbocycles. The Kier molecular flexibility index (Phi) is 4.14. The highest BCUT2D eigenvalue weighted by molar-refractivity contribution is 5.87. The van der Waals surface area contributed by atoms with Crippen LogP contribution in [0.1, 0.15) is 33.6 Å². The normalized spacial score (nSPS) is 25.4. The van der Waals surface area contributed by atoms with Gasteiger partial charge in [-0.05, 0) is 40.2 Å². The first-order valence-electron chi connectivity index (χ1n) is 6.01. The third-order valence-electron chi connectivity index (χ3n) is 3.67. The van der Waals surface area contributed by atoms with Crippen molar-refractivity contribution >= 4 is 11.9 Å². The second-order valence-corrected chi connectivity index (χ2v) is 5.34. The largest absolute Gasteiger partial charge is 0.480 e. The van der Waals surface area contributed by atoms with Gasteiger partial charge in [0.05, 0.1) is 0 Å². The molecule has 1 aliphatic heterocycles. The van der Waals surface area contributed by atoms with Gasteiger partial charge in [-0.3, -0.25) is 4.79 Å². The van der Waals surface area contributed by atoms with Gasteiger partial charge < -0.3 is 15.3 Å². The Bertz CT molecular complexity index is 315. The fourth-order valence-electron chi connectivity index (χ4n) is 2.05. The van der Waals surface area contributed by atoms with Gasteiger partial charge in [-0.2, -0.15) is 0 Å². The van der Waals surface area contributed by atoms with Crippen LogP contribution in [0.4, 0.5) is 0 Å². The van der Waals surface area contributed by atoms with Crippen molar-refractivity contribution in [1.29, 1.82) is 0 Å². The lowest BCUT2D eigenvalue weighted by Gasteiger charge is -2.36. The first-order chi connectivity index (χ1) is 7.76. The van der Waals surface area contributed by atoms with Crippen LogP contribution in [0.25, 0.3) is 0 Å². The van der Waals surface area contributed by atoms with Crippen LogP contribution in [-0.4, -0.2) is 47.1 Å². The smallest absolute Gasteiger partial charge is 0.329 e. The third-order valence-corrected chi connectivity index (χ3v) is 3.67. The van der Waals surface area contributed by atoms with Crippen molar-refractivity contribution < 1.29 is 14.7 Å². The molecule has 5 nitrogen and oxygen atoms in total. The monoisotopic (exact) mass is 242 g/mol. The van der Waals surface area contributed by atoms with Crippen molar-refractivity contribution in [3.63, 3.8) is 0 Å². The van der Waals surface area contributed by atoms with Gasteiger partial charge in [0.2, 0.25) is 5.91 Å². The molecule has 1 heterocycles. The van der Waals surface area contributed by atoms with Gasteiger partial charge in [-0.25, -0.2) is 4.79 Å². The van der Waals surface area contributed by atoms with E-state index in [0.29, 0.717) is 6.04 Å². The Morgan fingerprint density at radius 3 is 2.47 bits per heavy atom. The summed E-state index contributed by atoms with van der Waals surface area (Å²) in [6, 6.07) is 0.319. The molecule has 2 atom stereocenters. The minimum Gasteiger partial charge on any atom is -0.480 e. The van der Waals surface area contributed by atoms with Crippen LogP contribution in [0.3, 0.4) is 0 Å². The van der Waals surface area contributed by atoms with Gasteiger partial charge >= 0.3 is 5.97 Å². The number of hydrogen-bond donors (Lipinski definition) is 2. The molecule has 2 unspecified atom stereocenters. The minimum absolute atomic E-state index is 0.0603. The summed E-state index contributed by atoms with van der Waals surface area (Å²) in [5, 5.41) is 12.4. The number of carboxylic acids is 1. The molecule has 0 saturated carbocycles. The van der Waals surface area contributed by atoms with Crippen LogP contribution < -0.4 is 5.32 Å². The summed E-state index contributed by atoms with van der Waals surface area (Å²) in [5.74, 6) is -1.10. The summed E-state index contributed by atoms with van der Waals surface area (Å²) in [6.45, 7) is 5.97. The number of piperidine rings is 1. The maximum Gasteiger partial charge on any atom is 0.329 e. The summed E-state index contributed by atoms with van der Waals surface area (Å²) in [4.78, 5) is 24.7. The highest BCUT2D eigenvalue weighted by Crippen LogP contribution is 2.22. The fourth-order valence-corrected chi connectivity index (χ4v) is 2.05. The van der Waals surface area contributed by atoms with Crippen LogP contribution in [-0.2, 0) is 9.59 Å².